The summed E-state index contributed by atoms with van der Waals surface area (Å²) in [6, 6.07) is 13.9. The van der Waals surface area contributed by atoms with Gasteiger partial charge in [-0.05, 0) is 49.2 Å². The molecule has 0 saturated carbocycles. The number of hydrogen-bond acceptors (Lipinski definition) is 6. The highest BCUT2D eigenvalue weighted by Gasteiger charge is 2.06. The van der Waals surface area contributed by atoms with Crippen LogP contribution in [-0.2, 0) is 0 Å². The number of ether oxygens (including phenoxy) is 2. The smallest absolute Gasteiger partial charge is 0.204 e. The highest BCUT2D eigenvalue weighted by molar-refractivity contribution is 7.22. The van der Waals surface area contributed by atoms with Crippen molar-refractivity contribution >= 4 is 32.9 Å². The standard InChI is InChI=1S/C21H25N3O2S/c1-3-5-8-13-26-18-12-11-16(14-19(18)25-4-2)15-22-24-21-23-17-9-6-7-10-20(17)27-21/h6-7,9-12,14-15H,3-5,8,13H2,1-2H3,(H,23,24)/b22-15-. The molecule has 1 N–H and O–H groups in total. The number of nitrogens with one attached hydrogen (secondary N) is 1. The number of unbranched alkanes of at least 4 members (excludes halogenated alkanes) is 2. The largest absolute Gasteiger partial charge is 0.490 e. The third-order valence-electron chi connectivity index (χ3n) is 3.94. The van der Waals surface area contributed by atoms with Crippen molar-refractivity contribution in [1.29, 1.82) is 0 Å². The van der Waals surface area contributed by atoms with E-state index in [9.17, 15) is 0 Å². The third kappa shape index (κ3) is 5.44. The molecule has 3 aromatic rings. The monoisotopic (exact) mass is 383 g/mol. The van der Waals surface area contributed by atoms with Gasteiger partial charge in [0.1, 0.15) is 0 Å². The number of para-hydroxylation sites is 1. The maximum atomic E-state index is 5.86. The van der Waals surface area contributed by atoms with E-state index in [1.807, 2.05) is 43.3 Å². The highest BCUT2D eigenvalue weighted by Crippen LogP contribution is 2.29. The van der Waals surface area contributed by atoms with Crippen molar-refractivity contribution in [3.05, 3.63) is 48.0 Å². The van der Waals surface area contributed by atoms with Crippen LogP contribution in [-0.4, -0.2) is 24.4 Å². The average molecular weight is 384 g/mol. The van der Waals surface area contributed by atoms with Gasteiger partial charge in [-0.3, -0.25) is 5.43 Å². The first-order chi connectivity index (χ1) is 13.3. The number of nitrogens with zero attached hydrogens (tertiary/aromatic N) is 2. The summed E-state index contributed by atoms with van der Waals surface area (Å²) < 4.78 is 12.7. The van der Waals surface area contributed by atoms with Crippen molar-refractivity contribution in [2.24, 2.45) is 5.10 Å². The quantitative estimate of drug-likeness (QED) is 0.277. The molecule has 2 aromatic carbocycles. The van der Waals surface area contributed by atoms with E-state index in [-0.39, 0.29) is 0 Å². The second-order valence-corrected chi connectivity index (χ2v) is 7.08. The summed E-state index contributed by atoms with van der Waals surface area (Å²) in [4.78, 5) is 4.50. The Morgan fingerprint density at radius 3 is 2.78 bits per heavy atom. The van der Waals surface area contributed by atoms with Gasteiger partial charge in [-0.15, -0.1) is 0 Å². The molecule has 0 aliphatic heterocycles. The summed E-state index contributed by atoms with van der Waals surface area (Å²) in [5, 5.41) is 5.07. The Morgan fingerprint density at radius 1 is 1.07 bits per heavy atom. The van der Waals surface area contributed by atoms with E-state index in [4.69, 9.17) is 9.47 Å². The van der Waals surface area contributed by atoms with Gasteiger partial charge in [-0.2, -0.15) is 5.10 Å². The van der Waals surface area contributed by atoms with Crippen LogP contribution in [0.2, 0.25) is 0 Å². The normalized spacial score (nSPS) is 11.2. The lowest BCUT2D eigenvalue weighted by molar-refractivity contribution is 0.271. The first kappa shape index (κ1) is 19.2. The van der Waals surface area contributed by atoms with Crippen molar-refractivity contribution in [3.63, 3.8) is 0 Å². The lowest BCUT2D eigenvalue weighted by Gasteiger charge is -2.12. The molecule has 1 aromatic heterocycles. The number of anilines is 1. The van der Waals surface area contributed by atoms with Crippen LogP contribution in [0.25, 0.3) is 10.2 Å². The summed E-state index contributed by atoms with van der Waals surface area (Å²) in [5.74, 6) is 1.53. The molecule has 0 spiro atoms. The summed E-state index contributed by atoms with van der Waals surface area (Å²) in [6.45, 7) is 5.45. The fourth-order valence-corrected chi connectivity index (χ4v) is 3.42. The van der Waals surface area contributed by atoms with E-state index in [2.05, 4.69) is 28.5 Å². The molecule has 0 radical (unpaired) electrons. The number of rotatable bonds is 10. The van der Waals surface area contributed by atoms with Crippen LogP contribution in [0, 0.1) is 0 Å². The summed E-state index contributed by atoms with van der Waals surface area (Å²) in [5.41, 5.74) is 4.92. The average Bonchev–Trinajstić information content (AvgIpc) is 3.09. The highest BCUT2D eigenvalue weighted by atomic mass is 32.1. The third-order valence-corrected chi connectivity index (χ3v) is 4.88. The van der Waals surface area contributed by atoms with Gasteiger partial charge in [0.25, 0.3) is 0 Å². The molecule has 6 heteroatoms. The van der Waals surface area contributed by atoms with Gasteiger partial charge in [0, 0.05) is 0 Å². The molecule has 0 saturated heterocycles. The van der Waals surface area contributed by atoms with E-state index >= 15 is 0 Å². The van der Waals surface area contributed by atoms with Crippen LogP contribution >= 0.6 is 11.3 Å². The maximum absolute atomic E-state index is 5.86. The molecule has 1 heterocycles. The summed E-state index contributed by atoms with van der Waals surface area (Å²) in [6.07, 6.45) is 5.16. The molecule has 0 fully saturated rings. The van der Waals surface area contributed by atoms with Crippen LogP contribution in [0.3, 0.4) is 0 Å². The second kappa shape index (κ2) is 9.92. The fourth-order valence-electron chi connectivity index (χ4n) is 2.61. The Bertz CT molecular complexity index is 859. The molecule has 0 atom stereocenters. The number of thiazole rings is 1. The van der Waals surface area contributed by atoms with Gasteiger partial charge in [0.2, 0.25) is 5.13 Å². The first-order valence-corrected chi connectivity index (χ1v) is 10.2. The maximum Gasteiger partial charge on any atom is 0.204 e. The van der Waals surface area contributed by atoms with Crippen LogP contribution < -0.4 is 14.9 Å². The lowest BCUT2D eigenvalue weighted by atomic mass is 10.2. The number of hydrogen-bond donors (Lipinski definition) is 1. The van der Waals surface area contributed by atoms with E-state index in [0.29, 0.717) is 13.2 Å². The topological polar surface area (TPSA) is 55.7 Å². The zero-order valence-corrected chi connectivity index (χ0v) is 16.6. The zero-order chi connectivity index (χ0) is 18.9. The Kier molecular flexibility index (Phi) is 7.04. The van der Waals surface area contributed by atoms with E-state index in [1.54, 1.807) is 17.6 Å². The van der Waals surface area contributed by atoms with Gasteiger partial charge in [0.15, 0.2) is 11.5 Å². The summed E-state index contributed by atoms with van der Waals surface area (Å²) in [7, 11) is 0. The van der Waals surface area contributed by atoms with Gasteiger partial charge >= 0.3 is 0 Å². The minimum atomic E-state index is 0.593. The molecule has 27 heavy (non-hydrogen) atoms. The van der Waals surface area contributed by atoms with Crippen LogP contribution in [0.15, 0.2) is 47.6 Å². The number of aromatic nitrogens is 1. The number of hydrazone groups is 1. The molecule has 0 aliphatic rings. The number of benzene rings is 2. The minimum Gasteiger partial charge on any atom is -0.490 e. The van der Waals surface area contributed by atoms with Crippen LogP contribution in [0.5, 0.6) is 11.5 Å². The Morgan fingerprint density at radius 2 is 1.96 bits per heavy atom. The SMILES string of the molecule is CCCCCOc1ccc(/C=N\Nc2nc3ccccc3s2)cc1OCC. The predicted molar refractivity (Wildman–Crippen MR) is 113 cm³/mol. The Balaban J connectivity index is 1.64. The first-order valence-electron chi connectivity index (χ1n) is 9.34. The Labute approximate surface area is 164 Å². The molecular weight excluding hydrogens is 358 g/mol. The molecule has 0 bridgehead atoms. The van der Waals surface area contributed by atoms with Gasteiger partial charge < -0.3 is 9.47 Å². The van der Waals surface area contributed by atoms with E-state index < -0.39 is 0 Å². The van der Waals surface area contributed by atoms with Crippen molar-refractivity contribution < 1.29 is 9.47 Å². The van der Waals surface area contributed by atoms with Crippen molar-refractivity contribution in [2.45, 2.75) is 33.1 Å². The van der Waals surface area contributed by atoms with E-state index in [1.165, 1.54) is 12.8 Å². The van der Waals surface area contributed by atoms with Crippen molar-refractivity contribution in [2.75, 3.05) is 18.6 Å². The van der Waals surface area contributed by atoms with Crippen LogP contribution in [0.4, 0.5) is 5.13 Å². The van der Waals surface area contributed by atoms with Gasteiger partial charge in [0.05, 0.1) is 29.6 Å². The fraction of sp³-hybridized carbons (Fsp3) is 0.333. The second-order valence-electron chi connectivity index (χ2n) is 6.05. The number of fused-ring (bicyclic) bond motifs is 1. The van der Waals surface area contributed by atoms with E-state index in [0.717, 1.165) is 38.8 Å². The molecule has 142 valence electrons. The van der Waals surface area contributed by atoms with Crippen LogP contribution in [0.1, 0.15) is 38.7 Å². The predicted octanol–water partition coefficient (Wildman–Crippen LogP) is 5.71. The molecule has 5 nitrogen and oxygen atoms in total. The summed E-state index contributed by atoms with van der Waals surface area (Å²) >= 11 is 1.58. The Hall–Kier alpha value is -2.60. The lowest BCUT2D eigenvalue weighted by Crippen LogP contribution is -2.01. The van der Waals surface area contributed by atoms with Crippen molar-refractivity contribution in [3.8, 4) is 11.5 Å². The molecule has 0 unspecified atom stereocenters. The molecule has 3 rings (SSSR count). The van der Waals surface area contributed by atoms with Gasteiger partial charge in [-0.25, -0.2) is 4.98 Å². The molecule has 0 amide bonds. The molecular formula is C21H25N3O2S. The van der Waals surface area contributed by atoms with Crippen molar-refractivity contribution in [1.82, 2.24) is 4.98 Å². The zero-order valence-electron chi connectivity index (χ0n) is 15.8. The van der Waals surface area contributed by atoms with Gasteiger partial charge in [-0.1, -0.05) is 43.2 Å². The molecule has 0 aliphatic carbocycles. The minimum absolute atomic E-state index is 0.593.